The summed E-state index contributed by atoms with van der Waals surface area (Å²) in [5.41, 5.74) is 8.50. The van der Waals surface area contributed by atoms with Gasteiger partial charge < -0.3 is 8.83 Å². The molecule has 0 aliphatic heterocycles. The molecule has 0 radical (unpaired) electrons. The predicted molar refractivity (Wildman–Crippen MR) is 246 cm³/mol. The van der Waals surface area contributed by atoms with E-state index in [1.165, 1.54) is 5.39 Å². The Labute approximate surface area is 342 Å². The molecule has 0 amide bonds. The summed E-state index contributed by atoms with van der Waals surface area (Å²) in [6.07, 6.45) is 0. The zero-order valence-corrected chi connectivity index (χ0v) is 32.1. The van der Waals surface area contributed by atoms with Crippen molar-refractivity contribution in [2.24, 2.45) is 0 Å². The molecule has 0 aliphatic rings. The van der Waals surface area contributed by atoms with Crippen molar-refractivity contribution in [1.29, 1.82) is 0 Å². The van der Waals surface area contributed by atoms with E-state index in [1.807, 2.05) is 30.3 Å². The van der Waals surface area contributed by atoms with Gasteiger partial charge in [-0.15, -0.1) is 0 Å². The fourth-order valence-electron chi connectivity index (χ4n) is 9.32. The number of benzene rings is 10. The molecule has 0 N–H and O–H groups in total. The molecule has 10 aromatic carbocycles. The number of fused-ring (bicyclic) bond motifs is 11. The Hall–Kier alpha value is -8.15. The van der Waals surface area contributed by atoms with E-state index in [0.717, 1.165) is 109 Å². The van der Waals surface area contributed by atoms with Crippen LogP contribution in [0.4, 0.5) is 0 Å². The van der Waals surface area contributed by atoms with Gasteiger partial charge in [0.2, 0.25) is 0 Å². The van der Waals surface area contributed by atoms with Crippen molar-refractivity contribution in [3.8, 4) is 45.3 Å². The Bertz CT molecular complexity index is 3910. The van der Waals surface area contributed by atoms with Crippen LogP contribution in [0.1, 0.15) is 0 Å². The zero-order chi connectivity index (χ0) is 39.3. The molecule has 0 atom stereocenters. The summed E-state index contributed by atoms with van der Waals surface area (Å²) < 4.78 is 12.6. The second kappa shape index (κ2) is 12.7. The molecule has 0 bridgehead atoms. The third-order valence-corrected chi connectivity index (χ3v) is 12.1. The van der Waals surface area contributed by atoms with E-state index < -0.39 is 0 Å². The van der Waals surface area contributed by atoms with E-state index in [1.54, 1.807) is 0 Å². The highest BCUT2D eigenvalue weighted by molar-refractivity contribution is 6.17. The average molecular weight is 766 g/mol. The number of aromatic nitrogens is 3. The van der Waals surface area contributed by atoms with E-state index in [-0.39, 0.29) is 0 Å². The van der Waals surface area contributed by atoms with Gasteiger partial charge in [0.05, 0.1) is 0 Å². The average Bonchev–Trinajstić information content (AvgIpc) is 3.88. The van der Waals surface area contributed by atoms with Gasteiger partial charge in [-0.2, -0.15) is 0 Å². The molecule has 0 saturated heterocycles. The largest absolute Gasteiger partial charge is 0.456 e. The van der Waals surface area contributed by atoms with Gasteiger partial charge >= 0.3 is 0 Å². The molecular formula is C55H31N3O2. The number of hydrogen-bond donors (Lipinski definition) is 0. The lowest BCUT2D eigenvalue weighted by atomic mass is 9.92. The summed E-state index contributed by atoms with van der Waals surface area (Å²) >= 11 is 0. The van der Waals surface area contributed by atoms with Gasteiger partial charge in [-0.1, -0.05) is 140 Å². The van der Waals surface area contributed by atoms with E-state index in [4.69, 9.17) is 23.8 Å². The molecule has 278 valence electrons. The maximum absolute atomic E-state index is 6.32. The Kier molecular flexibility index (Phi) is 6.95. The molecule has 0 spiro atoms. The molecular weight excluding hydrogens is 735 g/mol. The molecule has 13 aromatic rings. The molecule has 5 heteroatoms. The van der Waals surface area contributed by atoms with Crippen molar-refractivity contribution in [3.63, 3.8) is 0 Å². The standard InChI is InChI=1S/C55H31N3O2/c1-2-13-36-33(12-1)30-47(40-17-6-3-14-37(36)40)55-57-53(34-25-24-32-29-46-42-18-7-9-21-48(42)60-51(46)31-35(32)28-34)56-54(58-55)44-27-26-41(38-15-4-5-16-39(38)44)43-20-11-23-50-52(43)45-19-8-10-22-49(45)59-50/h1-31H. The van der Waals surface area contributed by atoms with Crippen LogP contribution in [0.2, 0.25) is 0 Å². The van der Waals surface area contributed by atoms with Crippen LogP contribution in [0.3, 0.4) is 0 Å². The predicted octanol–water partition coefficient (Wildman–Crippen LogP) is 15.0. The van der Waals surface area contributed by atoms with Crippen LogP contribution in [0, 0.1) is 0 Å². The zero-order valence-electron chi connectivity index (χ0n) is 32.1. The van der Waals surface area contributed by atoms with Crippen molar-refractivity contribution in [1.82, 2.24) is 15.0 Å². The van der Waals surface area contributed by atoms with Crippen LogP contribution in [0.15, 0.2) is 197 Å². The SMILES string of the molecule is c1ccc2c(c1)cc(-c1nc(-c3ccc4cc5c(cc4c3)oc3ccccc35)nc(-c3ccc(-c4cccc5oc6ccccc6c45)c4ccccc34)n1)c1ccccc12. The smallest absolute Gasteiger partial charge is 0.164 e. The third kappa shape index (κ3) is 4.96. The van der Waals surface area contributed by atoms with Crippen molar-refractivity contribution >= 4 is 87.0 Å². The molecule has 5 nitrogen and oxygen atoms in total. The monoisotopic (exact) mass is 765 g/mol. The molecule has 3 heterocycles. The number of hydrogen-bond acceptors (Lipinski definition) is 5. The van der Waals surface area contributed by atoms with Gasteiger partial charge in [0.25, 0.3) is 0 Å². The first kappa shape index (κ1) is 32.9. The van der Waals surface area contributed by atoms with Crippen molar-refractivity contribution in [2.75, 3.05) is 0 Å². The molecule has 0 saturated carbocycles. The van der Waals surface area contributed by atoms with Crippen LogP contribution < -0.4 is 0 Å². The first-order chi connectivity index (χ1) is 29.7. The van der Waals surface area contributed by atoms with Gasteiger partial charge in [-0.05, 0) is 103 Å². The van der Waals surface area contributed by atoms with Crippen LogP contribution in [0.25, 0.3) is 132 Å². The van der Waals surface area contributed by atoms with Crippen molar-refractivity contribution in [2.45, 2.75) is 0 Å². The van der Waals surface area contributed by atoms with E-state index in [0.29, 0.717) is 17.5 Å². The van der Waals surface area contributed by atoms with Crippen LogP contribution in [-0.2, 0) is 0 Å². The molecule has 3 aromatic heterocycles. The van der Waals surface area contributed by atoms with Crippen LogP contribution in [0.5, 0.6) is 0 Å². The summed E-state index contributed by atoms with van der Waals surface area (Å²) in [7, 11) is 0. The first-order valence-electron chi connectivity index (χ1n) is 20.2. The lowest BCUT2D eigenvalue weighted by Crippen LogP contribution is -2.01. The fraction of sp³-hybridized carbons (Fsp3) is 0. The highest BCUT2D eigenvalue weighted by Crippen LogP contribution is 2.42. The Morgan fingerprint density at radius 2 is 0.850 bits per heavy atom. The Morgan fingerprint density at radius 3 is 1.67 bits per heavy atom. The minimum atomic E-state index is 0.599. The van der Waals surface area contributed by atoms with Crippen molar-refractivity contribution < 1.29 is 8.83 Å². The van der Waals surface area contributed by atoms with Gasteiger partial charge in [-0.3, -0.25) is 0 Å². The number of nitrogens with zero attached hydrogens (tertiary/aromatic N) is 3. The minimum absolute atomic E-state index is 0.599. The normalized spacial score (nSPS) is 12.0. The Balaban J connectivity index is 1.06. The number of furan rings is 2. The first-order valence-corrected chi connectivity index (χ1v) is 20.2. The Morgan fingerprint density at radius 1 is 0.267 bits per heavy atom. The van der Waals surface area contributed by atoms with Gasteiger partial charge in [0, 0.05) is 38.2 Å². The molecule has 0 unspecified atom stereocenters. The van der Waals surface area contributed by atoms with Gasteiger partial charge in [0.1, 0.15) is 22.3 Å². The lowest BCUT2D eigenvalue weighted by molar-refractivity contribution is 0.669. The van der Waals surface area contributed by atoms with Crippen LogP contribution >= 0.6 is 0 Å². The minimum Gasteiger partial charge on any atom is -0.456 e. The second-order valence-corrected chi connectivity index (χ2v) is 15.5. The maximum atomic E-state index is 6.32. The quantitative estimate of drug-likeness (QED) is 0.167. The number of para-hydroxylation sites is 2. The molecule has 0 aliphatic carbocycles. The summed E-state index contributed by atoms with van der Waals surface area (Å²) in [5.74, 6) is 1.82. The summed E-state index contributed by atoms with van der Waals surface area (Å²) in [5, 5.41) is 13.3. The highest BCUT2D eigenvalue weighted by atomic mass is 16.3. The van der Waals surface area contributed by atoms with E-state index >= 15 is 0 Å². The maximum Gasteiger partial charge on any atom is 0.164 e. The fourth-order valence-corrected chi connectivity index (χ4v) is 9.32. The molecule has 0 fully saturated rings. The van der Waals surface area contributed by atoms with Gasteiger partial charge in [0.15, 0.2) is 17.5 Å². The van der Waals surface area contributed by atoms with E-state index in [2.05, 4.69) is 158 Å². The lowest BCUT2D eigenvalue weighted by Gasteiger charge is -2.15. The topological polar surface area (TPSA) is 65.0 Å². The molecule has 13 rings (SSSR count). The summed E-state index contributed by atoms with van der Waals surface area (Å²) in [6.45, 7) is 0. The molecule has 60 heavy (non-hydrogen) atoms. The number of rotatable bonds is 4. The van der Waals surface area contributed by atoms with Crippen molar-refractivity contribution in [3.05, 3.63) is 188 Å². The van der Waals surface area contributed by atoms with E-state index in [9.17, 15) is 0 Å². The highest BCUT2D eigenvalue weighted by Gasteiger charge is 2.20. The third-order valence-electron chi connectivity index (χ3n) is 12.1. The second-order valence-electron chi connectivity index (χ2n) is 15.5. The van der Waals surface area contributed by atoms with Gasteiger partial charge in [-0.25, -0.2) is 15.0 Å². The summed E-state index contributed by atoms with van der Waals surface area (Å²) in [6, 6.07) is 65.7. The summed E-state index contributed by atoms with van der Waals surface area (Å²) in [4.78, 5) is 16.0. The van der Waals surface area contributed by atoms with Crippen LogP contribution in [-0.4, -0.2) is 15.0 Å².